The number of hydrogen-bond acceptors (Lipinski definition) is 1. The first kappa shape index (κ1) is 12.3. The second kappa shape index (κ2) is 5.44. The van der Waals surface area contributed by atoms with E-state index >= 15 is 0 Å². The molecule has 1 N–H and O–H groups in total. The number of benzene rings is 2. The highest BCUT2D eigenvalue weighted by atomic mass is 35.5. The van der Waals surface area contributed by atoms with E-state index in [1.165, 1.54) is 11.1 Å². The Morgan fingerprint density at radius 2 is 1.76 bits per heavy atom. The highest BCUT2D eigenvalue weighted by Crippen LogP contribution is 2.18. The lowest BCUT2D eigenvalue weighted by Crippen LogP contribution is -2.01. The first-order valence-electron chi connectivity index (χ1n) is 5.39. The summed E-state index contributed by atoms with van der Waals surface area (Å²) in [5.74, 6) is 0. The molecule has 0 saturated heterocycles. The summed E-state index contributed by atoms with van der Waals surface area (Å²) in [6.07, 6.45) is 0. The van der Waals surface area contributed by atoms with Crippen LogP contribution in [0.4, 0.5) is 5.69 Å². The fourth-order valence-electron chi connectivity index (χ4n) is 1.65. The number of aryl methyl sites for hydroxylation is 1. The van der Waals surface area contributed by atoms with Crippen molar-refractivity contribution in [2.45, 2.75) is 13.5 Å². The van der Waals surface area contributed by atoms with Crippen LogP contribution in [-0.2, 0) is 6.54 Å². The second-order valence-corrected chi connectivity index (χ2v) is 4.81. The summed E-state index contributed by atoms with van der Waals surface area (Å²) in [4.78, 5) is 0. The quantitative estimate of drug-likeness (QED) is 0.831. The molecule has 1 nitrogen and oxygen atoms in total. The van der Waals surface area contributed by atoms with E-state index in [4.69, 9.17) is 23.2 Å². The van der Waals surface area contributed by atoms with Gasteiger partial charge in [0.1, 0.15) is 0 Å². The maximum atomic E-state index is 5.92. The monoisotopic (exact) mass is 265 g/mol. The van der Waals surface area contributed by atoms with Crippen molar-refractivity contribution in [3.05, 3.63) is 63.6 Å². The van der Waals surface area contributed by atoms with Gasteiger partial charge in [0.05, 0.1) is 0 Å². The van der Waals surface area contributed by atoms with Crippen molar-refractivity contribution < 1.29 is 0 Å². The summed E-state index contributed by atoms with van der Waals surface area (Å²) in [6.45, 7) is 2.82. The average Bonchev–Trinajstić information content (AvgIpc) is 2.28. The van der Waals surface area contributed by atoms with Crippen LogP contribution in [0.25, 0.3) is 0 Å². The van der Waals surface area contributed by atoms with Gasteiger partial charge in [0, 0.05) is 22.3 Å². The van der Waals surface area contributed by atoms with Crippen LogP contribution in [0.5, 0.6) is 0 Å². The van der Waals surface area contributed by atoms with E-state index in [0.29, 0.717) is 0 Å². The van der Waals surface area contributed by atoms with Crippen LogP contribution in [0, 0.1) is 6.92 Å². The van der Waals surface area contributed by atoms with E-state index in [2.05, 4.69) is 12.2 Å². The van der Waals surface area contributed by atoms with Crippen LogP contribution in [0.15, 0.2) is 42.5 Å². The van der Waals surface area contributed by atoms with Crippen LogP contribution in [0.1, 0.15) is 11.1 Å². The molecule has 0 heterocycles. The molecule has 2 aromatic rings. The van der Waals surface area contributed by atoms with Gasteiger partial charge in [-0.25, -0.2) is 0 Å². The minimum Gasteiger partial charge on any atom is -0.381 e. The lowest BCUT2D eigenvalue weighted by molar-refractivity contribution is 1.12. The highest BCUT2D eigenvalue weighted by Gasteiger charge is 1.99. The van der Waals surface area contributed by atoms with E-state index < -0.39 is 0 Å². The topological polar surface area (TPSA) is 12.0 Å². The maximum Gasteiger partial charge on any atom is 0.0426 e. The number of anilines is 1. The van der Waals surface area contributed by atoms with Crippen LogP contribution in [-0.4, -0.2) is 0 Å². The second-order valence-electron chi connectivity index (χ2n) is 3.93. The number of hydrogen-bond donors (Lipinski definition) is 1. The van der Waals surface area contributed by atoms with Crippen LogP contribution >= 0.6 is 23.2 Å². The lowest BCUT2D eigenvalue weighted by Gasteiger charge is -2.09. The largest absolute Gasteiger partial charge is 0.381 e. The molecule has 0 amide bonds. The minimum atomic E-state index is 0.739. The number of rotatable bonds is 3. The third kappa shape index (κ3) is 3.39. The SMILES string of the molecule is Cc1cc(Cl)ccc1CNc1cccc(Cl)c1. The molecule has 17 heavy (non-hydrogen) atoms. The molecular weight excluding hydrogens is 253 g/mol. The van der Waals surface area contributed by atoms with Gasteiger partial charge >= 0.3 is 0 Å². The maximum absolute atomic E-state index is 5.92. The molecule has 2 aromatic carbocycles. The molecule has 2 rings (SSSR count). The van der Waals surface area contributed by atoms with Gasteiger partial charge in [-0.05, 0) is 48.4 Å². The standard InChI is InChI=1S/C14H13Cl2N/c1-10-7-13(16)6-5-11(10)9-17-14-4-2-3-12(15)8-14/h2-8,17H,9H2,1H3. The number of nitrogens with one attached hydrogen (secondary N) is 1. The minimum absolute atomic E-state index is 0.739. The molecule has 0 radical (unpaired) electrons. The van der Waals surface area contributed by atoms with Gasteiger partial charge in [0.15, 0.2) is 0 Å². The van der Waals surface area contributed by atoms with Gasteiger partial charge in [-0.2, -0.15) is 0 Å². The van der Waals surface area contributed by atoms with Gasteiger partial charge in [0.2, 0.25) is 0 Å². The molecule has 0 aromatic heterocycles. The van der Waals surface area contributed by atoms with Gasteiger partial charge in [-0.3, -0.25) is 0 Å². The van der Waals surface area contributed by atoms with Gasteiger partial charge in [-0.15, -0.1) is 0 Å². The highest BCUT2D eigenvalue weighted by molar-refractivity contribution is 6.31. The Balaban J connectivity index is 2.07. The molecule has 0 aliphatic carbocycles. The fraction of sp³-hybridized carbons (Fsp3) is 0.143. The van der Waals surface area contributed by atoms with Crippen molar-refractivity contribution in [1.82, 2.24) is 0 Å². The zero-order chi connectivity index (χ0) is 12.3. The molecule has 0 fully saturated rings. The summed E-state index contributed by atoms with van der Waals surface area (Å²) in [5.41, 5.74) is 3.44. The van der Waals surface area contributed by atoms with Gasteiger partial charge in [0.25, 0.3) is 0 Å². The van der Waals surface area contributed by atoms with Crippen LogP contribution < -0.4 is 5.32 Å². The Morgan fingerprint density at radius 3 is 2.47 bits per heavy atom. The summed E-state index contributed by atoms with van der Waals surface area (Å²) in [6, 6.07) is 13.6. The molecule has 0 atom stereocenters. The van der Waals surface area contributed by atoms with Crippen LogP contribution in [0.3, 0.4) is 0 Å². The molecule has 0 unspecified atom stereocenters. The zero-order valence-electron chi connectivity index (χ0n) is 9.50. The van der Waals surface area contributed by atoms with Gasteiger partial charge < -0.3 is 5.32 Å². The van der Waals surface area contributed by atoms with E-state index in [0.717, 1.165) is 22.3 Å². The van der Waals surface area contributed by atoms with E-state index in [-0.39, 0.29) is 0 Å². The molecule has 0 saturated carbocycles. The van der Waals surface area contributed by atoms with Crippen molar-refractivity contribution in [3.8, 4) is 0 Å². The molecule has 0 spiro atoms. The summed E-state index contributed by atoms with van der Waals surface area (Å²) < 4.78 is 0. The van der Waals surface area contributed by atoms with Crippen LogP contribution in [0.2, 0.25) is 10.0 Å². The predicted octanol–water partition coefficient (Wildman–Crippen LogP) is 4.91. The Kier molecular flexibility index (Phi) is 3.93. The van der Waals surface area contributed by atoms with Crippen molar-refractivity contribution in [2.75, 3.05) is 5.32 Å². The molecular formula is C14H13Cl2N. The normalized spacial score (nSPS) is 10.3. The Labute approximate surface area is 111 Å². The van der Waals surface area contributed by atoms with Crippen molar-refractivity contribution in [1.29, 1.82) is 0 Å². The summed E-state index contributed by atoms with van der Waals surface area (Å²) in [7, 11) is 0. The van der Waals surface area contributed by atoms with E-state index in [1.54, 1.807) is 0 Å². The first-order chi connectivity index (χ1) is 8.15. The Hall–Kier alpha value is -1.18. The van der Waals surface area contributed by atoms with E-state index in [1.807, 2.05) is 42.5 Å². The molecule has 88 valence electrons. The third-order valence-corrected chi connectivity index (χ3v) is 3.08. The fourth-order valence-corrected chi connectivity index (χ4v) is 2.07. The summed E-state index contributed by atoms with van der Waals surface area (Å²) >= 11 is 11.8. The van der Waals surface area contributed by atoms with E-state index in [9.17, 15) is 0 Å². The van der Waals surface area contributed by atoms with Gasteiger partial charge in [-0.1, -0.05) is 35.3 Å². The Bertz CT molecular complexity index is 523. The molecule has 0 bridgehead atoms. The Morgan fingerprint density at radius 1 is 1.00 bits per heavy atom. The first-order valence-corrected chi connectivity index (χ1v) is 6.15. The molecule has 0 aliphatic heterocycles. The third-order valence-electron chi connectivity index (χ3n) is 2.61. The lowest BCUT2D eigenvalue weighted by atomic mass is 10.1. The summed E-state index contributed by atoms with van der Waals surface area (Å²) in [5, 5.41) is 4.85. The average molecular weight is 266 g/mol. The number of halogens is 2. The van der Waals surface area contributed by atoms with Crippen molar-refractivity contribution in [2.24, 2.45) is 0 Å². The molecule has 3 heteroatoms. The van der Waals surface area contributed by atoms with Crippen molar-refractivity contribution in [3.63, 3.8) is 0 Å². The predicted molar refractivity (Wildman–Crippen MR) is 75.0 cm³/mol. The molecule has 0 aliphatic rings. The smallest absolute Gasteiger partial charge is 0.0426 e. The zero-order valence-corrected chi connectivity index (χ0v) is 11.0. The van der Waals surface area contributed by atoms with Crippen molar-refractivity contribution >= 4 is 28.9 Å².